The van der Waals surface area contributed by atoms with Gasteiger partial charge >= 0.3 is 0 Å². The first-order valence-corrected chi connectivity index (χ1v) is 16.1. The number of carbonyl (C=O) groups excluding carboxylic acids is 3. The van der Waals surface area contributed by atoms with Gasteiger partial charge in [0, 0.05) is 26.7 Å². The van der Waals surface area contributed by atoms with Crippen LogP contribution in [0.5, 0.6) is 0 Å². The number of hydrogen-bond donors (Lipinski definition) is 3. The Hall–Kier alpha value is -5.59. The van der Waals surface area contributed by atoms with Gasteiger partial charge in [-0.05, 0) is 66.2 Å². The molecule has 0 fully saturated rings. The first kappa shape index (κ1) is 33.8. The fourth-order valence-electron chi connectivity index (χ4n) is 4.55. The van der Waals surface area contributed by atoms with E-state index < -0.39 is 33.7 Å². The number of nitro benzene ring substituents is 1. The van der Waals surface area contributed by atoms with Crippen molar-refractivity contribution in [2.24, 2.45) is 0 Å². The predicted octanol–water partition coefficient (Wildman–Crippen LogP) is 8.38. The van der Waals surface area contributed by atoms with E-state index in [1.165, 1.54) is 48.2 Å². The number of amides is 3. The van der Waals surface area contributed by atoms with E-state index in [9.17, 15) is 28.9 Å². The Balaban J connectivity index is 1.41. The highest BCUT2D eigenvalue weighted by Crippen LogP contribution is 2.37. The van der Waals surface area contributed by atoms with Gasteiger partial charge < -0.3 is 16.0 Å². The SMILES string of the molecule is O=C(Nc1cccc(SC(C(=O)Nc2ccc(Br)cc2F)c2ccccc2)c1)/C(=C\c1ccccc1[N+](=O)[O-])NC(=O)c1ccccc1. The molecule has 0 saturated heterocycles. The molecule has 48 heavy (non-hydrogen) atoms. The van der Waals surface area contributed by atoms with Crippen LogP contribution in [0.15, 0.2) is 142 Å². The Kier molecular flexibility index (Phi) is 11.1. The third-order valence-electron chi connectivity index (χ3n) is 6.84. The Morgan fingerprint density at radius 1 is 0.812 bits per heavy atom. The summed E-state index contributed by atoms with van der Waals surface area (Å²) >= 11 is 4.40. The summed E-state index contributed by atoms with van der Waals surface area (Å²) < 4.78 is 15.1. The first-order chi connectivity index (χ1) is 23.2. The third kappa shape index (κ3) is 8.81. The van der Waals surface area contributed by atoms with Crippen LogP contribution in [0.1, 0.15) is 26.7 Å². The van der Waals surface area contributed by atoms with E-state index in [0.29, 0.717) is 20.6 Å². The molecule has 0 aromatic heterocycles. The minimum absolute atomic E-state index is 0.0289. The second kappa shape index (κ2) is 15.8. The van der Waals surface area contributed by atoms with Crippen molar-refractivity contribution in [2.45, 2.75) is 10.1 Å². The first-order valence-electron chi connectivity index (χ1n) is 14.4. The number of halogens is 2. The molecule has 0 aliphatic rings. The summed E-state index contributed by atoms with van der Waals surface area (Å²) in [6, 6.07) is 34.1. The maximum absolute atomic E-state index is 14.6. The number of anilines is 2. The van der Waals surface area contributed by atoms with Gasteiger partial charge in [0.05, 0.1) is 16.2 Å². The Labute approximate surface area is 287 Å². The molecule has 1 unspecified atom stereocenters. The molecular formula is C36H26BrFN4O5S. The predicted molar refractivity (Wildman–Crippen MR) is 188 cm³/mol. The number of para-hydroxylation sites is 1. The van der Waals surface area contributed by atoms with Crippen LogP contribution >= 0.6 is 27.7 Å². The van der Waals surface area contributed by atoms with Gasteiger partial charge in [-0.1, -0.05) is 82.7 Å². The second-order valence-corrected chi connectivity index (χ2v) is 12.3. The van der Waals surface area contributed by atoms with E-state index in [1.54, 1.807) is 91.0 Å². The smallest absolute Gasteiger partial charge is 0.276 e. The number of benzene rings is 5. The molecule has 0 aliphatic heterocycles. The topological polar surface area (TPSA) is 130 Å². The van der Waals surface area contributed by atoms with Crippen LogP contribution in [-0.2, 0) is 9.59 Å². The summed E-state index contributed by atoms with van der Waals surface area (Å²) in [4.78, 5) is 51.8. The van der Waals surface area contributed by atoms with Crippen molar-refractivity contribution in [2.75, 3.05) is 10.6 Å². The molecule has 0 heterocycles. The molecular weight excluding hydrogens is 699 g/mol. The zero-order valence-corrected chi connectivity index (χ0v) is 27.3. The summed E-state index contributed by atoms with van der Waals surface area (Å²) in [5.74, 6) is -2.37. The van der Waals surface area contributed by atoms with Gasteiger partial charge in [-0.3, -0.25) is 24.5 Å². The van der Waals surface area contributed by atoms with E-state index in [4.69, 9.17) is 0 Å². The highest BCUT2D eigenvalue weighted by atomic mass is 79.9. The lowest BCUT2D eigenvalue weighted by Gasteiger charge is -2.18. The molecule has 12 heteroatoms. The molecule has 0 radical (unpaired) electrons. The largest absolute Gasteiger partial charge is 0.322 e. The molecule has 9 nitrogen and oxygen atoms in total. The normalized spacial score (nSPS) is 11.7. The molecule has 0 aliphatic carbocycles. The molecule has 0 spiro atoms. The molecule has 3 N–H and O–H groups in total. The van der Waals surface area contributed by atoms with Crippen molar-refractivity contribution in [1.82, 2.24) is 5.32 Å². The van der Waals surface area contributed by atoms with Gasteiger partial charge in [0.2, 0.25) is 5.91 Å². The second-order valence-electron chi connectivity index (χ2n) is 10.2. The Bertz CT molecular complexity index is 2010. The van der Waals surface area contributed by atoms with Gasteiger partial charge in [0.15, 0.2) is 0 Å². The van der Waals surface area contributed by atoms with Crippen LogP contribution in [0.4, 0.5) is 21.5 Å². The number of thioether (sulfide) groups is 1. The lowest BCUT2D eigenvalue weighted by atomic mass is 10.1. The number of hydrogen-bond acceptors (Lipinski definition) is 6. The fraction of sp³-hybridized carbons (Fsp3) is 0.0278. The fourth-order valence-corrected chi connectivity index (χ4v) is 5.96. The van der Waals surface area contributed by atoms with E-state index in [-0.39, 0.29) is 28.2 Å². The number of rotatable bonds is 11. The molecule has 0 saturated carbocycles. The minimum atomic E-state index is -0.792. The summed E-state index contributed by atoms with van der Waals surface area (Å²) in [6.45, 7) is 0. The van der Waals surface area contributed by atoms with Gasteiger partial charge in [-0.2, -0.15) is 0 Å². The van der Waals surface area contributed by atoms with Gasteiger partial charge in [-0.25, -0.2) is 4.39 Å². The van der Waals surface area contributed by atoms with E-state index in [0.717, 1.165) is 0 Å². The summed E-state index contributed by atoms with van der Waals surface area (Å²) in [7, 11) is 0. The molecule has 3 amide bonds. The molecule has 5 rings (SSSR count). The quantitative estimate of drug-likeness (QED) is 0.0543. The number of carbonyl (C=O) groups is 3. The van der Waals surface area contributed by atoms with Gasteiger partial charge in [0.1, 0.15) is 16.8 Å². The molecule has 0 bridgehead atoms. The van der Waals surface area contributed by atoms with E-state index in [2.05, 4.69) is 31.9 Å². The van der Waals surface area contributed by atoms with Crippen molar-refractivity contribution in [3.8, 4) is 0 Å². The number of nitrogens with one attached hydrogen (secondary N) is 3. The van der Waals surface area contributed by atoms with Crippen LogP contribution in [0.2, 0.25) is 0 Å². The highest BCUT2D eigenvalue weighted by Gasteiger charge is 2.24. The summed E-state index contributed by atoms with van der Waals surface area (Å²) in [6.07, 6.45) is 1.24. The van der Waals surface area contributed by atoms with Crippen molar-refractivity contribution in [3.05, 3.63) is 170 Å². The van der Waals surface area contributed by atoms with Crippen molar-refractivity contribution >= 4 is 68.6 Å². The average Bonchev–Trinajstić information content (AvgIpc) is 3.09. The standard InChI is InChI=1S/C36H26BrFN4O5S/c37-26-18-19-30(29(38)21-26)40-36(45)33(23-10-3-1-4-11-23)48-28-16-9-15-27(22-28)39-35(44)31(41-34(43)24-12-5-2-6-13-24)20-25-14-7-8-17-32(25)42(46)47/h1-22,33H,(H,39,44)(H,40,45)(H,41,43)/b31-20+. The van der Waals surface area contributed by atoms with Crippen LogP contribution in [0.3, 0.4) is 0 Å². The zero-order valence-electron chi connectivity index (χ0n) is 24.9. The Morgan fingerprint density at radius 2 is 1.50 bits per heavy atom. The van der Waals surface area contributed by atoms with Crippen LogP contribution in [0.25, 0.3) is 6.08 Å². The summed E-state index contributed by atoms with van der Waals surface area (Å²) in [5, 5.41) is 18.8. The summed E-state index contributed by atoms with van der Waals surface area (Å²) in [5.41, 5.74) is 0.956. The van der Waals surface area contributed by atoms with Crippen molar-refractivity contribution < 1.29 is 23.7 Å². The lowest BCUT2D eigenvalue weighted by Crippen LogP contribution is -2.30. The van der Waals surface area contributed by atoms with Crippen molar-refractivity contribution in [3.63, 3.8) is 0 Å². The minimum Gasteiger partial charge on any atom is -0.322 e. The average molecular weight is 726 g/mol. The third-order valence-corrected chi connectivity index (χ3v) is 8.58. The van der Waals surface area contributed by atoms with Crippen molar-refractivity contribution in [1.29, 1.82) is 0 Å². The molecule has 5 aromatic rings. The van der Waals surface area contributed by atoms with E-state index >= 15 is 0 Å². The maximum Gasteiger partial charge on any atom is 0.276 e. The van der Waals surface area contributed by atoms with Gasteiger partial charge in [-0.15, -0.1) is 11.8 Å². The number of nitro groups is 1. The van der Waals surface area contributed by atoms with Crippen LogP contribution in [-0.4, -0.2) is 22.6 Å². The van der Waals surface area contributed by atoms with E-state index in [1.807, 2.05) is 6.07 Å². The maximum atomic E-state index is 14.6. The monoisotopic (exact) mass is 724 g/mol. The molecule has 1 atom stereocenters. The Morgan fingerprint density at radius 3 is 2.21 bits per heavy atom. The molecule has 240 valence electrons. The number of nitrogens with zero attached hydrogens (tertiary/aromatic N) is 1. The lowest BCUT2D eigenvalue weighted by molar-refractivity contribution is -0.385. The molecule has 5 aromatic carbocycles. The highest BCUT2D eigenvalue weighted by molar-refractivity contribution is 9.10. The zero-order chi connectivity index (χ0) is 34.0. The van der Waals surface area contributed by atoms with Crippen LogP contribution in [0, 0.1) is 15.9 Å². The van der Waals surface area contributed by atoms with Gasteiger partial charge in [0.25, 0.3) is 17.5 Å². The van der Waals surface area contributed by atoms with Crippen LogP contribution < -0.4 is 16.0 Å².